The molecule has 79 valence electrons. The minimum atomic E-state index is -0.560. The van der Waals surface area contributed by atoms with Gasteiger partial charge in [-0.2, -0.15) is 0 Å². The zero-order chi connectivity index (χ0) is 11.1. The van der Waals surface area contributed by atoms with Crippen LogP contribution in [-0.4, -0.2) is 25.4 Å². The number of carbonyl (C=O) groups is 1. The van der Waals surface area contributed by atoms with Gasteiger partial charge in [0.15, 0.2) is 0 Å². The Labute approximate surface area is 88.7 Å². The topological polar surface area (TPSA) is 58.2 Å². The van der Waals surface area contributed by atoms with E-state index in [1.54, 1.807) is 6.41 Å². The molecule has 0 aromatic heterocycles. The van der Waals surface area contributed by atoms with E-state index in [9.17, 15) is 9.59 Å². The van der Waals surface area contributed by atoms with Crippen molar-refractivity contribution in [3.05, 3.63) is 35.9 Å². The Hall–Kier alpha value is -1.84. The first kappa shape index (κ1) is 11.2. The van der Waals surface area contributed by atoms with Gasteiger partial charge in [0.25, 0.3) is 0 Å². The number of hydrogen-bond donors (Lipinski definition) is 2. The summed E-state index contributed by atoms with van der Waals surface area (Å²) in [5, 5.41) is 4.85. The van der Waals surface area contributed by atoms with Crippen LogP contribution in [-0.2, 0) is 16.0 Å². The first-order valence-corrected chi connectivity index (χ1v) is 4.66. The maximum atomic E-state index is 11.4. The standard InChI is InChI=1S/C11H13N2O2/c1-12-11(15)10(13-8-14)7-9-5-3-2-4-6-9/h2-6,10H,7H2,1H3,(H,12,15)(H,13,14)/t10-/m0/s1. The lowest BCUT2D eigenvalue weighted by Gasteiger charge is -2.13. The van der Waals surface area contributed by atoms with Crippen LogP contribution in [0, 0.1) is 0 Å². The van der Waals surface area contributed by atoms with Gasteiger partial charge in [0.1, 0.15) is 6.04 Å². The molecule has 1 rings (SSSR count). The van der Waals surface area contributed by atoms with Gasteiger partial charge in [0.05, 0.1) is 0 Å². The Balaban J connectivity index is 2.66. The first-order valence-electron chi connectivity index (χ1n) is 4.66. The van der Waals surface area contributed by atoms with Crippen molar-refractivity contribution in [2.45, 2.75) is 12.5 Å². The average molecular weight is 205 g/mol. The predicted molar refractivity (Wildman–Crippen MR) is 56.8 cm³/mol. The zero-order valence-corrected chi connectivity index (χ0v) is 8.49. The highest BCUT2D eigenvalue weighted by Crippen LogP contribution is 2.02. The van der Waals surface area contributed by atoms with Crippen LogP contribution < -0.4 is 10.6 Å². The molecule has 0 spiro atoms. The van der Waals surface area contributed by atoms with E-state index in [-0.39, 0.29) is 5.91 Å². The second-order valence-electron chi connectivity index (χ2n) is 3.10. The van der Waals surface area contributed by atoms with Gasteiger partial charge >= 0.3 is 6.41 Å². The molecule has 4 heteroatoms. The van der Waals surface area contributed by atoms with Crippen molar-refractivity contribution in [3.8, 4) is 0 Å². The molecule has 4 nitrogen and oxygen atoms in total. The van der Waals surface area contributed by atoms with Crippen LogP contribution in [0.1, 0.15) is 5.56 Å². The van der Waals surface area contributed by atoms with Gasteiger partial charge in [-0.1, -0.05) is 30.3 Å². The fourth-order valence-corrected chi connectivity index (χ4v) is 1.30. The Morgan fingerprint density at radius 2 is 2.07 bits per heavy atom. The highest BCUT2D eigenvalue weighted by atomic mass is 16.2. The van der Waals surface area contributed by atoms with Crippen LogP contribution in [0.4, 0.5) is 0 Å². The molecule has 0 unspecified atom stereocenters. The van der Waals surface area contributed by atoms with E-state index in [1.165, 1.54) is 7.05 Å². The highest BCUT2D eigenvalue weighted by Gasteiger charge is 2.16. The van der Waals surface area contributed by atoms with Crippen molar-refractivity contribution in [1.29, 1.82) is 0 Å². The Bertz CT molecular complexity index is 325. The molecule has 1 aromatic rings. The molecule has 0 aliphatic heterocycles. The molecule has 2 amide bonds. The molecule has 1 radical (unpaired) electrons. The van der Waals surface area contributed by atoms with Crippen LogP contribution in [0.15, 0.2) is 30.3 Å². The molecular formula is C11H13N2O2. The quantitative estimate of drug-likeness (QED) is 0.665. The number of rotatable bonds is 5. The summed E-state index contributed by atoms with van der Waals surface area (Å²) in [6, 6.07) is 8.93. The molecule has 0 fully saturated rings. The number of amides is 2. The van der Waals surface area contributed by atoms with Gasteiger partial charge in [0.2, 0.25) is 5.91 Å². The molecule has 0 aliphatic carbocycles. The first-order chi connectivity index (χ1) is 7.27. The number of nitrogens with one attached hydrogen (secondary N) is 2. The van der Waals surface area contributed by atoms with E-state index < -0.39 is 6.04 Å². The van der Waals surface area contributed by atoms with Crippen molar-refractivity contribution in [2.24, 2.45) is 0 Å². The van der Waals surface area contributed by atoms with Crippen molar-refractivity contribution in [2.75, 3.05) is 7.05 Å². The van der Waals surface area contributed by atoms with Crippen LogP contribution in [0.5, 0.6) is 0 Å². The van der Waals surface area contributed by atoms with E-state index in [0.29, 0.717) is 6.42 Å². The third-order valence-corrected chi connectivity index (χ3v) is 2.08. The van der Waals surface area contributed by atoms with Crippen molar-refractivity contribution in [1.82, 2.24) is 10.6 Å². The summed E-state index contributed by atoms with van der Waals surface area (Å²) in [4.78, 5) is 21.6. The third kappa shape index (κ3) is 3.42. The van der Waals surface area contributed by atoms with E-state index >= 15 is 0 Å². The number of hydrogen-bond acceptors (Lipinski definition) is 2. The normalized spacial score (nSPS) is 11.5. The molecule has 2 N–H and O–H groups in total. The molecule has 0 saturated heterocycles. The lowest BCUT2D eigenvalue weighted by atomic mass is 10.1. The van der Waals surface area contributed by atoms with E-state index in [1.807, 2.05) is 30.3 Å². The third-order valence-electron chi connectivity index (χ3n) is 2.08. The fraction of sp³-hybridized carbons (Fsp3) is 0.273. The summed E-state index contributed by atoms with van der Waals surface area (Å²) in [7, 11) is 1.53. The zero-order valence-electron chi connectivity index (χ0n) is 8.49. The van der Waals surface area contributed by atoms with Gasteiger partial charge in [-0.05, 0) is 5.56 Å². The lowest BCUT2D eigenvalue weighted by Crippen LogP contribution is -2.43. The van der Waals surface area contributed by atoms with E-state index in [0.717, 1.165) is 5.56 Å². The van der Waals surface area contributed by atoms with Crippen LogP contribution >= 0.6 is 0 Å². The summed E-state index contributed by atoms with van der Waals surface area (Å²) in [5.74, 6) is -0.220. The molecule has 1 atom stereocenters. The second kappa shape index (κ2) is 5.80. The van der Waals surface area contributed by atoms with Gasteiger partial charge in [-0.25, -0.2) is 0 Å². The maximum Gasteiger partial charge on any atom is 0.309 e. The maximum absolute atomic E-state index is 11.4. The molecule has 0 heterocycles. The highest BCUT2D eigenvalue weighted by molar-refractivity contribution is 5.83. The minimum absolute atomic E-state index is 0.220. The molecular weight excluding hydrogens is 192 g/mol. The fourth-order valence-electron chi connectivity index (χ4n) is 1.30. The molecule has 0 saturated carbocycles. The summed E-state index contributed by atoms with van der Waals surface area (Å²) < 4.78 is 0. The largest absolute Gasteiger partial charge is 0.357 e. The smallest absolute Gasteiger partial charge is 0.309 e. The molecule has 0 bridgehead atoms. The molecule has 1 aromatic carbocycles. The van der Waals surface area contributed by atoms with Crippen LogP contribution in [0.25, 0.3) is 0 Å². The average Bonchev–Trinajstić information content (AvgIpc) is 2.29. The lowest BCUT2D eigenvalue weighted by molar-refractivity contribution is -0.122. The van der Waals surface area contributed by atoms with Gasteiger partial charge in [-0.3, -0.25) is 9.59 Å². The van der Waals surface area contributed by atoms with Gasteiger partial charge < -0.3 is 10.6 Å². The Morgan fingerprint density at radius 1 is 1.40 bits per heavy atom. The number of carbonyl (C=O) groups excluding carboxylic acids is 2. The van der Waals surface area contributed by atoms with Crippen molar-refractivity contribution >= 4 is 12.3 Å². The monoisotopic (exact) mass is 205 g/mol. The summed E-state index contributed by atoms with van der Waals surface area (Å²) in [5.41, 5.74) is 0.994. The SMILES string of the molecule is CNC(=O)[C@H](Cc1ccccc1)N[C]=O. The Morgan fingerprint density at radius 3 is 2.60 bits per heavy atom. The molecule has 0 aliphatic rings. The summed E-state index contributed by atoms with van der Waals surface area (Å²) in [6.45, 7) is 0. The summed E-state index contributed by atoms with van der Waals surface area (Å²) >= 11 is 0. The number of benzene rings is 1. The van der Waals surface area contributed by atoms with Crippen LogP contribution in [0.2, 0.25) is 0 Å². The minimum Gasteiger partial charge on any atom is -0.357 e. The molecule has 15 heavy (non-hydrogen) atoms. The van der Waals surface area contributed by atoms with E-state index in [4.69, 9.17) is 0 Å². The van der Waals surface area contributed by atoms with Crippen LogP contribution in [0.3, 0.4) is 0 Å². The van der Waals surface area contributed by atoms with E-state index in [2.05, 4.69) is 10.6 Å². The number of likely N-dealkylation sites (N-methyl/N-ethyl adjacent to an activating group) is 1. The second-order valence-corrected chi connectivity index (χ2v) is 3.10. The van der Waals surface area contributed by atoms with Crippen molar-refractivity contribution < 1.29 is 9.59 Å². The van der Waals surface area contributed by atoms with Crippen molar-refractivity contribution in [3.63, 3.8) is 0 Å². The Kier molecular flexibility index (Phi) is 4.34. The predicted octanol–water partition coefficient (Wildman–Crippen LogP) is 0.000500. The van der Waals surface area contributed by atoms with Gasteiger partial charge in [0, 0.05) is 13.5 Å². The summed E-state index contributed by atoms with van der Waals surface area (Å²) in [6.07, 6.45) is 2.01. The van der Waals surface area contributed by atoms with Gasteiger partial charge in [-0.15, -0.1) is 0 Å².